The standard InChI is InChI=1S/C13H13N3O3S2/c17-12(10-3-5-21(18,19)8-10)16-13-15-11(7-20-13)9-2-1-4-14-6-9/h1-2,4,6-7,10H,3,5,8H2,(H,15,16,17)/t10-/m0/s1. The van der Waals surface area contributed by atoms with Gasteiger partial charge in [-0.05, 0) is 18.6 Å². The summed E-state index contributed by atoms with van der Waals surface area (Å²) in [6.45, 7) is 0. The first-order valence-electron chi connectivity index (χ1n) is 6.41. The quantitative estimate of drug-likeness (QED) is 0.926. The van der Waals surface area contributed by atoms with Crippen molar-refractivity contribution in [3.8, 4) is 11.3 Å². The van der Waals surface area contributed by atoms with Crippen LogP contribution in [0.1, 0.15) is 6.42 Å². The summed E-state index contributed by atoms with van der Waals surface area (Å²) in [6.07, 6.45) is 3.76. The molecule has 1 saturated heterocycles. The van der Waals surface area contributed by atoms with Gasteiger partial charge in [-0.3, -0.25) is 9.78 Å². The van der Waals surface area contributed by atoms with Crippen LogP contribution in [0.25, 0.3) is 11.3 Å². The summed E-state index contributed by atoms with van der Waals surface area (Å²) in [7, 11) is -3.06. The average molecular weight is 323 g/mol. The Morgan fingerprint density at radius 2 is 2.29 bits per heavy atom. The molecule has 1 atom stereocenters. The Morgan fingerprint density at radius 1 is 1.43 bits per heavy atom. The number of rotatable bonds is 3. The molecule has 1 aliphatic heterocycles. The van der Waals surface area contributed by atoms with E-state index in [1.54, 1.807) is 12.4 Å². The van der Waals surface area contributed by atoms with E-state index >= 15 is 0 Å². The van der Waals surface area contributed by atoms with Crippen LogP contribution < -0.4 is 5.32 Å². The Morgan fingerprint density at radius 3 is 2.95 bits per heavy atom. The molecule has 8 heteroatoms. The van der Waals surface area contributed by atoms with Gasteiger partial charge in [-0.15, -0.1) is 11.3 Å². The van der Waals surface area contributed by atoms with Crippen LogP contribution in [0.3, 0.4) is 0 Å². The fourth-order valence-electron chi connectivity index (χ4n) is 2.19. The highest BCUT2D eigenvalue weighted by Crippen LogP contribution is 2.26. The summed E-state index contributed by atoms with van der Waals surface area (Å²) < 4.78 is 22.8. The lowest BCUT2D eigenvalue weighted by Crippen LogP contribution is -2.23. The number of nitrogens with zero attached hydrogens (tertiary/aromatic N) is 2. The largest absolute Gasteiger partial charge is 0.302 e. The third-order valence-electron chi connectivity index (χ3n) is 3.29. The van der Waals surface area contributed by atoms with Crippen LogP contribution in [-0.4, -0.2) is 35.8 Å². The molecule has 0 saturated carbocycles. The van der Waals surface area contributed by atoms with Crippen LogP contribution in [0.2, 0.25) is 0 Å². The lowest BCUT2D eigenvalue weighted by Gasteiger charge is -2.06. The molecule has 2 aromatic heterocycles. The van der Waals surface area contributed by atoms with Gasteiger partial charge in [0.25, 0.3) is 0 Å². The van der Waals surface area contributed by atoms with Gasteiger partial charge in [0.15, 0.2) is 15.0 Å². The zero-order valence-corrected chi connectivity index (χ0v) is 12.7. The number of hydrogen-bond acceptors (Lipinski definition) is 6. The highest BCUT2D eigenvalue weighted by atomic mass is 32.2. The van der Waals surface area contributed by atoms with Crippen LogP contribution >= 0.6 is 11.3 Å². The molecule has 0 aliphatic carbocycles. The zero-order valence-electron chi connectivity index (χ0n) is 11.0. The first-order valence-corrected chi connectivity index (χ1v) is 9.11. The molecule has 3 heterocycles. The molecule has 0 spiro atoms. The van der Waals surface area contributed by atoms with Crippen LogP contribution in [0, 0.1) is 5.92 Å². The molecule has 2 aromatic rings. The van der Waals surface area contributed by atoms with Crippen molar-refractivity contribution in [1.82, 2.24) is 9.97 Å². The van der Waals surface area contributed by atoms with Crippen LogP contribution in [0.15, 0.2) is 29.9 Å². The molecule has 1 amide bonds. The molecule has 21 heavy (non-hydrogen) atoms. The van der Waals surface area contributed by atoms with Gasteiger partial charge in [-0.2, -0.15) is 0 Å². The summed E-state index contributed by atoms with van der Waals surface area (Å²) in [4.78, 5) is 20.4. The Kier molecular flexibility index (Phi) is 3.73. The van der Waals surface area contributed by atoms with Crippen molar-refractivity contribution in [1.29, 1.82) is 0 Å². The minimum absolute atomic E-state index is 0.0698. The highest BCUT2D eigenvalue weighted by molar-refractivity contribution is 7.91. The number of sulfone groups is 1. The average Bonchev–Trinajstić information content (AvgIpc) is 3.06. The van der Waals surface area contributed by atoms with Crippen molar-refractivity contribution in [2.24, 2.45) is 5.92 Å². The second kappa shape index (κ2) is 5.53. The van der Waals surface area contributed by atoms with Crippen molar-refractivity contribution in [2.75, 3.05) is 16.8 Å². The van der Waals surface area contributed by atoms with Gasteiger partial charge >= 0.3 is 0 Å². The summed E-state index contributed by atoms with van der Waals surface area (Å²) >= 11 is 1.31. The number of anilines is 1. The fraction of sp³-hybridized carbons (Fsp3) is 0.308. The number of amides is 1. The first kappa shape index (κ1) is 14.2. The van der Waals surface area contributed by atoms with E-state index in [9.17, 15) is 13.2 Å². The van der Waals surface area contributed by atoms with Crippen LogP contribution in [0.4, 0.5) is 5.13 Å². The van der Waals surface area contributed by atoms with E-state index in [0.29, 0.717) is 11.6 Å². The molecule has 3 rings (SSSR count). The van der Waals surface area contributed by atoms with E-state index in [-0.39, 0.29) is 17.4 Å². The van der Waals surface area contributed by atoms with E-state index < -0.39 is 15.8 Å². The minimum Gasteiger partial charge on any atom is -0.302 e. The van der Waals surface area contributed by atoms with Crippen molar-refractivity contribution in [3.63, 3.8) is 0 Å². The van der Waals surface area contributed by atoms with Gasteiger partial charge in [0.1, 0.15) is 0 Å². The van der Waals surface area contributed by atoms with E-state index in [1.807, 2.05) is 17.5 Å². The lowest BCUT2D eigenvalue weighted by molar-refractivity contribution is -0.119. The molecule has 110 valence electrons. The Bertz CT molecular complexity index is 756. The molecule has 6 nitrogen and oxygen atoms in total. The molecule has 0 radical (unpaired) electrons. The van der Waals surface area contributed by atoms with Crippen molar-refractivity contribution >= 4 is 32.2 Å². The van der Waals surface area contributed by atoms with E-state index in [1.165, 1.54) is 11.3 Å². The Balaban J connectivity index is 1.69. The lowest BCUT2D eigenvalue weighted by atomic mass is 10.1. The van der Waals surface area contributed by atoms with Gasteiger partial charge in [0.05, 0.1) is 23.1 Å². The highest BCUT2D eigenvalue weighted by Gasteiger charge is 2.33. The predicted molar refractivity (Wildman–Crippen MR) is 80.7 cm³/mol. The number of thiazole rings is 1. The van der Waals surface area contributed by atoms with E-state index in [2.05, 4.69) is 15.3 Å². The number of carbonyl (C=O) groups is 1. The molecular formula is C13H13N3O3S2. The molecule has 0 bridgehead atoms. The van der Waals surface area contributed by atoms with Crippen molar-refractivity contribution in [3.05, 3.63) is 29.9 Å². The van der Waals surface area contributed by atoms with Crippen LogP contribution in [-0.2, 0) is 14.6 Å². The number of aromatic nitrogens is 2. The maximum Gasteiger partial charge on any atom is 0.230 e. The molecule has 0 unspecified atom stereocenters. The van der Waals surface area contributed by atoms with Gasteiger partial charge in [0.2, 0.25) is 5.91 Å². The number of carbonyl (C=O) groups excluding carboxylic acids is 1. The zero-order chi connectivity index (χ0) is 14.9. The summed E-state index contributed by atoms with van der Waals surface area (Å²) in [5, 5.41) is 5.00. The van der Waals surface area contributed by atoms with Crippen molar-refractivity contribution < 1.29 is 13.2 Å². The summed E-state index contributed by atoms with van der Waals surface area (Å²) in [6, 6.07) is 3.70. The van der Waals surface area contributed by atoms with Gasteiger partial charge in [-0.25, -0.2) is 13.4 Å². The third kappa shape index (κ3) is 3.27. The number of hydrogen-bond donors (Lipinski definition) is 1. The van der Waals surface area contributed by atoms with E-state index in [4.69, 9.17) is 0 Å². The molecule has 0 aromatic carbocycles. The predicted octanol–water partition coefficient (Wildman–Crippen LogP) is 1.58. The Labute approximate surface area is 126 Å². The second-order valence-corrected chi connectivity index (χ2v) is 7.96. The summed E-state index contributed by atoms with van der Waals surface area (Å²) in [5.41, 5.74) is 1.61. The third-order valence-corrected chi connectivity index (χ3v) is 5.82. The van der Waals surface area contributed by atoms with Gasteiger partial charge in [0, 0.05) is 23.3 Å². The normalized spacial score (nSPS) is 20.3. The van der Waals surface area contributed by atoms with Gasteiger partial charge in [-0.1, -0.05) is 0 Å². The molecular weight excluding hydrogens is 310 g/mol. The van der Waals surface area contributed by atoms with Gasteiger partial charge < -0.3 is 5.32 Å². The van der Waals surface area contributed by atoms with Crippen molar-refractivity contribution in [2.45, 2.75) is 6.42 Å². The smallest absolute Gasteiger partial charge is 0.230 e. The first-order chi connectivity index (χ1) is 10.0. The van der Waals surface area contributed by atoms with Crippen LogP contribution in [0.5, 0.6) is 0 Å². The minimum atomic E-state index is -3.06. The number of pyridine rings is 1. The number of nitrogens with one attached hydrogen (secondary N) is 1. The molecule has 1 N–H and O–H groups in total. The maximum atomic E-state index is 12.0. The SMILES string of the molecule is O=C(Nc1nc(-c2cccnc2)cs1)[C@H]1CCS(=O)(=O)C1. The fourth-order valence-corrected chi connectivity index (χ4v) is 4.65. The Hall–Kier alpha value is -1.80. The topological polar surface area (TPSA) is 89.0 Å². The maximum absolute atomic E-state index is 12.0. The second-order valence-electron chi connectivity index (χ2n) is 4.87. The molecule has 1 fully saturated rings. The summed E-state index contributed by atoms with van der Waals surface area (Å²) in [5.74, 6) is -0.729. The van der Waals surface area contributed by atoms with E-state index in [0.717, 1.165) is 11.3 Å². The monoisotopic (exact) mass is 323 g/mol. The molecule has 1 aliphatic rings.